The molecule has 3 aromatic rings. The van der Waals surface area contributed by atoms with Crippen molar-refractivity contribution >= 4 is 35.6 Å². The second-order valence-electron chi connectivity index (χ2n) is 5.36. The summed E-state index contributed by atoms with van der Waals surface area (Å²) in [5.41, 5.74) is 1.65. The number of H-pyrrole nitrogens is 1. The minimum atomic E-state index is 0.484. The van der Waals surface area contributed by atoms with E-state index in [-0.39, 0.29) is 0 Å². The third-order valence-electron chi connectivity index (χ3n) is 3.87. The molecular formula is C17H14ClN3O2S2. The summed E-state index contributed by atoms with van der Waals surface area (Å²) >= 11 is 13.5. The summed E-state index contributed by atoms with van der Waals surface area (Å²) in [6.07, 6.45) is 2.02. The maximum atomic E-state index is 6.42. The first kappa shape index (κ1) is 16.5. The molecule has 0 amide bonds. The highest BCUT2D eigenvalue weighted by atomic mass is 35.5. The van der Waals surface area contributed by atoms with Crippen LogP contribution < -0.4 is 9.47 Å². The highest BCUT2D eigenvalue weighted by molar-refractivity contribution is 7.98. The van der Waals surface area contributed by atoms with Gasteiger partial charge in [0, 0.05) is 16.5 Å². The smallest absolute Gasteiger partial charge is 0.200 e. The van der Waals surface area contributed by atoms with E-state index in [0.29, 0.717) is 34.6 Å². The van der Waals surface area contributed by atoms with Crippen LogP contribution >= 0.6 is 35.6 Å². The number of hydrogen-bond acceptors (Lipinski definition) is 5. The Balaban J connectivity index is 1.88. The number of thioether (sulfide) groups is 1. The van der Waals surface area contributed by atoms with Gasteiger partial charge in [-0.15, -0.1) is 11.8 Å². The molecule has 0 saturated heterocycles. The molecule has 128 valence electrons. The van der Waals surface area contributed by atoms with Crippen molar-refractivity contribution in [2.45, 2.75) is 4.90 Å². The molecule has 4 rings (SSSR count). The van der Waals surface area contributed by atoms with Gasteiger partial charge < -0.3 is 9.47 Å². The molecule has 1 aromatic heterocycles. The van der Waals surface area contributed by atoms with Gasteiger partial charge in [-0.25, -0.2) is 0 Å². The van der Waals surface area contributed by atoms with Crippen molar-refractivity contribution < 1.29 is 9.47 Å². The molecule has 1 N–H and O–H groups in total. The summed E-state index contributed by atoms with van der Waals surface area (Å²) in [5, 5.41) is 7.86. The zero-order valence-electron chi connectivity index (χ0n) is 13.3. The number of halogens is 1. The SMILES string of the molecule is CSc1ccc(Cl)c(-c2n[nH]c(=S)n2-c2ccc3c(c2)OCCO3)c1. The zero-order valence-corrected chi connectivity index (χ0v) is 15.7. The molecule has 1 aliphatic rings. The molecule has 0 bridgehead atoms. The van der Waals surface area contributed by atoms with Crippen molar-refractivity contribution in [3.05, 3.63) is 46.2 Å². The normalized spacial score (nSPS) is 13.0. The van der Waals surface area contributed by atoms with E-state index in [1.54, 1.807) is 11.8 Å². The van der Waals surface area contributed by atoms with E-state index in [9.17, 15) is 0 Å². The molecule has 0 radical (unpaired) electrons. The van der Waals surface area contributed by atoms with E-state index in [1.807, 2.05) is 47.2 Å². The molecule has 0 unspecified atom stereocenters. The molecule has 25 heavy (non-hydrogen) atoms. The second-order valence-corrected chi connectivity index (χ2v) is 7.04. The number of aromatic nitrogens is 3. The molecule has 5 nitrogen and oxygen atoms in total. The van der Waals surface area contributed by atoms with Gasteiger partial charge in [0.15, 0.2) is 22.1 Å². The van der Waals surface area contributed by atoms with Gasteiger partial charge in [-0.3, -0.25) is 9.67 Å². The summed E-state index contributed by atoms with van der Waals surface area (Å²) in [6, 6.07) is 11.6. The minimum absolute atomic E-state index is 0.484. The lowest BCUT2D eigenvalue weighted by atomic mass is 10.2. The summed E-state index contributed by atoms with van der Waals surface area (Å²) in [7, 11) is 0. The van der Waals surface area contributed by atoms with Crippen molar-refractivity contribution in [1.82, 2.24) is 14.8 Å². The van der Waals surface area contributed by atoms with Gasteiger partial charge >= 0.3 is 0 Å². The molecule has 0 saturated carbocycles. The topological polar surface area (TPSA) is 52.1 Å². The van der Waals surface area contributed by atoms with Crippen molar-refractivity contribution in [1.29, 1.82) is 0 Å². The quantitative estimate of drug-likeness (QED) is 0.516. The lowest BCUT2D eigenvalue weighted by Gasteiger charge is -2.19. The van der Waals surface area contributed by atoms with Crippen LogP contribution in [0.25, 0.3) is 17.1 Å². The Bertz CT molecular complexity index is 1000. The van der Waals surface area contributed by atoms with Gasteiger partial charge in [0.25, 0.3) is 0 Å². The van der Waals surface area contributed by atoms with E-state index < -0.39 is 0 Å². The first-order chi connectivity index (χ1) is 12.2. The lowest BCUT2D eigenvalue weighted by Crippen LogP contribution is -2.15. The number of hydrogen-bond donors (Lipinski definition) is 1. The molecule has 0 spiro atoms. The third-order valence-corrected chi connectivity index (χ3v) is 5.20. The van der Waals surface area contributed by atoms with Crippen molar-refractivity contribution in [2.75, 3.05) is 19.5 Å². The number of nitrogens with zero attached hydrogens (tertiary/aromatic N) is 2. The summed E-state index contributed by atoms with van der Waals surface area (Å²) in [4.78, 5) is 1.10. The van der Waals surface area contributed by atoms with Gasteiger partial charge in [0.05, 0.1) is 10.7 Å². The van der Waals surface area contributed by atoms with Crippen molar-refractivity contribution in [3.63, 3.8) is 0 Å². The fourth-order valence-corrected chi connectivity index (χ4v) is 3.57. The maximum absolute atomic E-state index is 6.42. The van der Waals surface area contributed by atoms with Crippen LogP contribution in [0.5, 0.6) is 11.5 Å². The molecule has 2 aromatic carbocycles. The average Bonchev–Trinajstić information content (AvgIpc) is 3.03. The van der Waals surface area contributed by atoms with E-state index in [1.165, 1.54) is 0 Å². The van der Waals surface area contributed by atoms with E-state index in [0.717, 1.165) is 21.9 Å². The Morgan fingerprint density at radius 3 is 2.76 bits per heavy atom. The maximum Gasteiger partial charge on any atom is 0.200 e. The third kappa shape index (κ3) is 3.03. The van der Waals surface area contributed by atoms with Crippen LogP contribution in [0.15, 0.2) is 41.3 Å². The first-order valence-corrected chi connectivity index (χ1v) is 9.60. The predicted molar refractivity (Wildman–Crippen MR) is 102 cm³/mol. The second kappa shape index (κ2) is 6.74. The summed E-state index contributed by atoms with van der Waals surface area (Å²) < 4.78 is 13.6. The van der Waals surface area contributed by atoms with Crippen LogP contribution in [-0.4, -0.2) is 34.2 Å². The van der Waals surface area contributed by atoms with Gasteiger partial charge in [0.2, 0.25) is 0 Å². The Morgan fingerprint density at radius 1 is 1.16 bits per heavy atom. The van der Waals surface area contributed by atoms with E-state index in [4.69, 9.17) is 33.3 Å². The van der Waals surface area contributed by atoms with Crippen molar-refractivity contribution in [3.8, 4) is 28.6 Å². The fourth-order valence-electron chi connectivity index (χ4n) is 2.69. The zero-order chi connectivity index (χ0) is 17.4. The Kier molecular flexibility index (Phi) is 4.45. The largest absolute Gasteiger partial charge is 0.486 e. The van der Waals surface area contributed by atoms with Crippen LogP contribution in [0.1, 0.15) is 0 Å². The Hall–Kier alpha value is -1.96. The number of aromatic amines is 1. The summed E-state index contributed by atoms with van der Waals surface area (Å²) in [5.74, 6) is 2.08. The van der Waals surface area contributed by atoms with Crippen LogP contribution in [0, 0.1) is 4.77 Å². The standard InChI is InChI=1S/C17H14ClN3O2S2/c1-25-11-3-4-13(18)12(9-11)16-19-20-17(24)21(16)10-2-5-14-15(8-10)23-7-6-22-14/h2-5,8-9H,6-7H2,1H3,(H,20,24). The van der Waals surface area contributed by atoms with Crippen LogP contribution in [0.4, 0.5) is 0 Å². The van der Waals surface area contributed by atoms with E-state index >= 15 is 0 Å². The number of rotatable bonds is 3. The van der Waals surface area contributed by atoms with Gasteiger partial charge in [0.1, 0.15) is 13.2 Å². The highest BCUT2D eigenvalue weighted by Gasteiger charge is 2.17. The van der Waals surface area contributed by atoms with Crippen LogP contribution in [-0.2, 0) is 0 Å². The number of nitrogens with one attached hydrogen (secondary N) is 1. The average molecular weight is 392 g/mol. The first-order valence-electron chi connectivity index (χ1n) is 7.59. The molecule has 8 heteroatoms. The van der Waals surface area contributed by atoms with Crippen LogP contribution in [0.2, 0.25) is 5.02 Å². The molecule has 0 aliphatic carbocycles. The fraction of sp³-hybridized carbons (Fsp3) is 0.176. The van der Waals surface area contributed by atoms with Gasteiger partial charge in [-0.1, -0.05) is 11.6 Å². The Labute approximate surface area is 158 Å². The number of ether oxygens (including phenoxy) is 2. The number of fused-ring (bicyclic) bond motifs is 1. The van der Waals surface area contributed by atoms with Crippen LogP contribution in [0.3, 0.4) is 0 Å². The summed E-state index contributed by atoms with van der Waals surface area (Å²) in [6.45, 7) is 1.08. The molecule has 2 heterocycles. The van der Waals surface area contributed by atoms with Crippen molar-refractivity contribution in [2.24, 2.45) is 0 Å². The predicted octanol–water partition coefficient (Wildman–Crippen LogP) is 4.74. The Morgan fingerprint density at radius 2 is 1.96 bits per heavy atom. The lowest BCUT2D eigenvalue weighted by molar-refractivity contribution is 0.171. The van der Waals surface area contributed by atoms with E-state index in [2.05, 4.69) is 10.2 Å². The monoisotopic (exact) mass is 391 g/mol. The van der Waals surface area contributed by atoms with Gasteiger partial charge in [-0.05, 0) is 48.8 Å². The molecule has 1 aliphatic heterocycles. The van der Waals surface area contributed by atoms with Gasteiger partial charge in [-0.2, -0.15) is 5.10 Å². The molecule has 0 fully saturated rings. The molecular weight excluding hydrogens is 378 g/mol. The minimum Gasteiger partial charge on any atom is -0.486 e. The molecule has 0 atom stereocenters. The number of benzene rings is 2. The highest BCUT2D eigenvalue weighted by Crippen LogP contribution is 2.35.